The van der Waals surface area contributed by atoms with Crippen LogP contribution in [-0.2, 0) is 0 Å². The fourth-order valence-electron chi connectivity index (χ4n) is 3.08. The molecular weight excluding hydrogens is 214 g/mol. The van der Waals surface area contributed by atoms with Gasteiger partial charge in [-0.1, -0.05) is 18.6 Å². The lowest BCUT2D eigenvalue weighted by molar-refractivity contribution is 0.370. The van der Waals surface area contributed by atoms with E-state index in [4.69, 9.17) is 0 Å². The van der Waals surface area contributed by atoms with Crippen LogP contribution in [-0.4, -0.2) is 24.6 Å². The van der Waals surface area contributed by atoms with Crippen LogP contribution in [0.2, 0.25) is 0 Å². The smallest absolute Gasteiger partial charge is 0.00122 e. The monoisotopic (exact) mass is 239 g/mol. The molecule has 2 heteroatoms. The zero-order chi connectivity index (χ0) is 11.4. The Balaban J connectivity index is 1.64. The van der Waals surface area contributed by atoms with Crippen LogP contribution in [0.1, 0.15) is 33.1 Å². The quantitative estimate of drug-likeness (QED) is 0.755. The largest absolute Gasteiger partial charge is 0.316 e. The van der Waals surface area contributed by atoms with Crippen molar-refractivity contribution in [3.63, 3.8) is 0 Å². The minimum absolute atomic E-state index is 0.794. The van der Waals surface area contributed by atoms with Gasteiger partial charge in [0.25, 0.3) is 0 Å². The van der Waals surface area contributed by atoms with Gasteiger partial charge in [-0.3, -0.25) is 0 Å². The molecule has 1 aliphatic carbocycles. The van der Waals surface area contributed by atoms with Crippen LogP contribution in [0.25, 0.3) is 0 Å². The molecule has 1 N–H and O–H groups in total. The van der Waals surface area contributed by atoms with E-state index >= 15 is 0 Å². The molecule has 0 aromatic rings. The molecule has 0 bridgehead atoms. The number of nitrogens with one attached hydrogen (secondary N) is 1. The number of hydrogen-bond donors (Lipinski definition) is 1. The molecule has 16 heavy (non-hydrogen) atoms. The van der Waals surface area contributed by atoms with E-state index in [2.05, 4.69) is 37.0 Å². The minimum atomic E-state index is 0.794. The van der Waals surface area contributed by atoms with Crippen LogP contribution in [0, 0.1) is 17.8 Å². The van der Waals surface area contributed by atoms with Crippen LogP contribution in [0.3, 0.4) is 0 Å². The van der Waals surface area contributed by atoms with Gasteiger partial charge in [0, 0.05) is 0 Å². The van der Waals surface area contributed by atoms with Gasteiger partial charge in [0.1, 0.15) is 0 Å². The molecular formula is C14H25NS. The Morgan fingerprint density at radius 3 is 2.88 bits per heavy atom. The van der Waals surface area contributed by atoms with Gasteiger partial charge in [-0.05, 0) is 68.5 Å². The van der Waals surface area contributed by atoms with E-state index in [-0.39, 0.29) is 0 Å². The summed E-state index contributed by atoms with van der Waals surface area (Å²) < 4.78 is 0. The lowest BCUT2D eigenvalue weighted by Gasteiger charge is -2.26. The molecule has 0 aromatic carbocycles. The van der Waals surface area contributed by atoms with Crippen molar-refractivity contribution in [2.45, 2.75) is 33.1 Å². The Morgan fingerprint density at radius 2 is 2.19 bits per heavy atom. The topological polar surface area (TPSA) is 12.0 Å². The summed E-state index contributed by atoms with van der Waals surface area (Å²) in [6, 6.07) is 0. The van der Waals surface area contributed by atoms with Crippen LogP contribution < -0.4 is 5.32 Å². The lowest BCUT2D eigenvalue weighted by Crippen LogP contribution is -2.30. The van der Waals surface area contributed by atoms with Crippen molar-refractivity contribution in [2.75, 3.05) is 24.6 Å². The van der Waals surface area contributed by atoms with Crippen LogP contribution in [0.15, 0.2) is 11.6 Å². The normalized spacial score (nSPS) is 35.1. The Morgan fingerprint density at radius 1 is 1.38 bits per heavy atom. The van der Waals surface area contributed by atoms with E-state index in [1.807, 2.05) is 0 Å². The summed E-state index contributed by atoms with van der Waals surface area (Å²) >= 11 is 2.12. The second-order valence-electron chi connectivity index (χ2n) is 5.68. The Hall–Kier alpha value is 0.0500. The van der Waals surface area contributed by atoms with Crippen molar-refractivity contribution >= 4 is 11.8 Å². The van der Waals surface area contributed by atoms with Gasteiger partial charge in [0.15, 0.2) is 0 Å². The van der Waals surface area contributed by atoms with Crippen LogP contribution >= 0.6 is 11.8 Å². The summed E-state index contributed by atoms with van der Waals surface area (Å²) in [6.45, 7) is 7.12. The molecule has 92 valence electrons. The summed E-state index contributed by atoms with van der Waals surface area (Å²) in [6.07, 6.45) is 6.57. The third kappa shape index (κ3) is 3.81. The van der Waals surface area contributed by atoms with E-state index in [1.54, 1.807) is 5.57 Å². The Labute approximate surface area is 104 Å². The fraction of sp³-hybridized carbons (Fsp3) is 0.857. The average molecular weight is 239 g/mol. The molecule has 1 saturated heterocycles. The van der Waals surface area contributed by atoms with Crippen molar-refractivity contribution in [3.05, 3.63) is 11.6 Å². The average Bonchev–Trinajstić information content (AvgIpc) is 2.69. The molecule has 2 aliphatic rings. The third-order valence-corrected chi connectivity index (χ3v) is 5.01. The highest BCUT2D eigenvalue weighted by atomic mass is 32.2. The highest BCUT2D eigenvalue weighted by molar-refractivity contribution is 7.99. The van der Waals surface area contributed by atoms with Gasteiger partial charge < -0.3 is 5.32 Å². The van der Waals surface area contributed by atoms with E-state index in [0.717, 1.165) is 17.8 Å². The van der Waals surface area contributed by atoms with Gasteiger partial charge in [-0.2, -0.15) is 11.8 Å². The molecule has 1 fully saturated rings. The maximum atomic E-state index is 3.70. The predicted octanol–water partition coefficient (Wildman–Crippen LogP) is 3.32. The highest BCUT2D eigenvalue weighted by Gasteiger charge is 2.19. The Bertz CT molecular complexity index is 243. The maximum absolute atomic E-state index is 3.70. The first-order valence-corrected chi connectivity index (χ1v) is 7.85. The SMILES string of the molecule is CC1=CC(C)CC(CNCC2CCSC2)C1. The molecule has 1 nitrogen and oxygen atoms in total. The summed E-state index contributed by atoms with van der Waals surface area (Å²) in [5, 5.41) is 3.70. The van der Waals surface area contributed by atoms with Gasteiger partial charge in [-0.25, -0.2) is 0 Å². The molecule has 0 radical (unpaired) electrons. The van der Waals surface area contributed by atoms with Crippen molar-refractivity contribution in [1.29, 1.82) is 0 Å². The lowest BCUT2D eigenvalue weighted by atomic mass is 9.83. The molecule has 3 unspecified atom stereocenters. The third-order valence-electron chi connectivity index (χ3n) is 3.77. The molecule has 3 atom stereocenters. The second kappa shape index (κ2) is 6.11. The summed E-state index contributed by atoms with van der Waals surface area (Å²) in [5.41, 5.74) is 1.60. The Kier molecular flexibility index (Phi) is 4.78. The zero-order valence-electron chi connectivity index (χ0n) is 10.7. The number of thioether (sulfide) groups is 1. The number of hydrogen-bond acceptors (Lipinski definition) is 2. The fourth-order valence-corrected chi connectivity index (χ4v) is 4.36. The molecule has 2 rings (SSSR count). The maximum Gasteiger partial charge on any atom is -0.00122 e. The van der Waals surface area contributed by atoms with Crippen LogP contribution in [0.4, 0.5) is 0 Å². The van der Waals surface area contributed by atoms with Crippen LogP contribution in [0.5, 0.6) is 0 Å². The second-order valence-corrected chi connectivity index (χ2v) is 6.83. The highest BCUT2D eigenvalue weighted by Crippen LogP contribution is 2.27. The van der Waals surface area contributed by atoms with Gasteiger partial charge in [-0.15, -0.1) is 0 Å². The molecule has 0 spiro atoms. The molecule has 0 saturated carbocycles. The number of allylic oxidation sites excluding steroid dienone is 2. The van der Waals surface area contributed by atoms with Gasteiger partial charge in [0.05, 0.1) is 0 Å². The molecule has 1 heterocycles. The first kappa shape index (κ1) is 12.5. The molecule has 0 amide bonds. The van der Waals surface area contributed by atoms with Gasteiger partial charge >= 0.3 is 0 Å². The first-order valence-electron chi connectivity index (χ1n) is 6.70. The summed E-state index contributed by atoms with van der Waals surface area (Å²) in [4.78, 5) is 0. The van der Waals surface area contributed by atoms with E-state index in [1.165, 1.54) is 43.9 Å². The van der Waals surface area contributed by atoms with E-state index < -0.39 is 0 Å². The number of rotatable bonds is 4. The predicted molar refractivity (Wildman–Crippen MR) is 73.9 cm³/mol. The zero-order valence-corrected chi connectivity index (χ0v) is 11.5. The summed E-state index contributed by atoms with van der Waals surface area (Å²) in [5.74, 6) is 5.39. The summed E-state index contributed by atoms with van der Waals surface area (Å²) in [7, 11) is 0. The van der Waals surface area contributed by atoms with E-state index in [0.29, 0.717) is 0 Å². The van der Waals surface area contributed by atoms with Crippen molar-refractivity contribution in [2.24, 2.45) is 17.8 Å². The van der Waals surface area contributed by atoms with Crippen molar-refractivity contribution < 1.29 is 0 Å². The first-order chi connectivity index (χ1) is 7.74. The van der Waals surface area contributed by atoms with E-state index in [9.17, 15) is 0 Å². The van der Waals surface area contributed by atoms with Gasteiger partial charge in [0.2, 0.25) is 0 Å². The molecule has 1 aliphatic heterocycles. The molecule has 0 aromatic heterocycles. The van der Waals surface area contributed by atoms with Crippen molar-refractivity contribution in [3.8, 4) is 0 Å². The standard InChI is InChI=1S/C14H25NS/c1-11-5-12(2)7-14(6-11)9-15-8-13-3-4-16-10-13/h5,11,13-15H,3-4,6-10H2,1-2H3. The van der Waals surface area contributed by atoms with Crippen molar-refractivity contribution in [1.82, 2.24) is 5.32 Å². The minimum Gasteiger partial charge on any atom is -0.316 e.